The number of halogens is 1. The molecule has 0 saturated carbocycles. The molecule has 22 heavy (non-hydrogen) atoms. The van der Waals surface area contributed by atoms with E-state index in [1.54, 1.807) is 24.3 Å². The molecule has 0 radical (unpaired) electrons. The minimum absolute atomic E-state index is 0.0548. The van der Waals surface area contributed by atoms with Crippen LogP contribution in [0.25, 0.3) is 0 Å². The summed E-state index contributed by atoms with van der Waals surface area (Å²) in [5, 5.41) is 7.51. The van der Waals surface area contributed by atoms with Crippen molar-refractivity contribution in [3.63, 3.8) is 0 Å². The second-order valence-electron chi connectivity index (χ2n) is 5.17. The molecule has 0 atom stereocenters. The van der Waals surface area contributed by atoms with Crippen LogP contribution in [0.4, 0.5) is 0 Å². The highest BCUT2D eigenvalue weighted by Crippen LogP contribution is 2.28. The van der Waals surface area contributed by atoms with Gasteiger partial charge in [0.15, 0.2) is 0 Å². The summed E-state index contributed by atoms with van der Waals surface area (Å²) in [5.41, 5.74) is 0.623. The van der Waals surface area contributed by atoms with Gasteiger partial charge < -0.3 is 4.74 Å². The predicted octanol–water partition coefficient (Wildman–Crippen LogP) is 3.53. The van der Waals surface area contributed by atoms with Gasteiger partial charge in [0.1, 0.15) is 10.6 Å². The average molecular weight is 387 g/mol. The van der Waals surface area contributed by atoms with Gasteiger partial charge in [0.2, 0.25) is 9.84 Å². The van der Waals surface area contributed by atoms with Gasteiger partial charge >= 0.3 is 0 Å². The summed E-state index contributed by atoms with van der Waals surface area (Å²) in [7, 11) is -3.57. The highest BCUT2D eigenvalue weighted by molar-refractivity contribution is 9.09. The lowest BCUT2D eigenvalue weighted by atomic mass is 10.1. The van der Waals surface area contributed by atoms with Crippen LogP contribution in [0.15, 0.2) is 40.3 Å². The van der Waals surface area contributed by atoms with Gasteiger partial charge in [-0.2, -0.15) is 5.10 Å². The average Bonchev–Trinajstić information content (AvgIpc) is 2.98. The number of H-pyrrole nitrogens is 1. The van der Waals surface area contributed by atoms with E-state index in [-0.39, 0.29) is 15.7 Å². The number of aromatic nitrogens is 2. The monoisotopic (exact) mass is 386 g/mol. The molecule has 0 aliphatic heterocycles. The maximum atomic E-state index is 12.7. The molecule has 2 aromatic rings. The molecule has 0 spiro atoms. The minimum Gasteiger partial charge on any atom is -0.494 e. The molecular formula is C15H19BrN2O3S. The third-order valence-electron chi connectivity index (χ3n) is 3.18. The van der Waals surface area contributed by atoms with E-state index >= 15 is 0 Å². The summed E-state index contributed by atoms with van der Waals surface area (Å²) in [6, 6.07) is 6.48. The Balaban J connectivity index is 2.24. The number of rotatable bonds is 7. The number of aromatic amines is 1. The van der Waals surface area contributed by atoms with Gasteiger partial charge in [0, 0.05) is 5.33 Å². The number of hydrogen-bond donors (Lipinski definition) is 1. The van der Waals surface area contributed by atoms with Gasteiger partial charge in [-0.25, -0.2) is 8.42 Å². The Kier molecular flexibility index (Phi) is 5.63. The lowest BCUT2D eigenvalue weighted by molar-refractivity contribution is 0.319. The maximum Gasteiger partial charge on any atom is 0.209 e. The first-order chi connectivity index (χ1) is 10.5. The van der Waals surface area contributed by atoms with Crippen molar-refractivity contribution in [2.45, 2.75) is 36.0 Å². The summed E-state index contributed by atoms with van der Waals surface area (Å²) in [6.45, 7) is 4.44. The number of ether oxygens (including phenoxy) is 1. The molecule has 0 fully saturated rings. The zero-order chi connectivity index (χ0) is 16.2. The molecule has 0 amide bonds. The topological polar surface area (TPSA) is 72.0 Å². The summed E-state index contributed by atoms with van der Waals surface area (Å²) in [4.78, 5) is 0.471. The van der Waals surface area contributed by atoms with Crippen LogP contribution < -0.4 is 4.74 Å². The van der Waals surface area contributed by atoms with Crippen LogP contribution in [0, 0.1) is 0 Å². The minimum atomic E-state index is -3.57. The van der Waals surface area contributed by atoms with Crippen molar-refractivity contribution in [3.05, 3.63) is 36.2 Å². The smallest absolute Gasteiger partial charge is 0.209 e. The molecule has 0 bridgehead atoms. The molecule has 1 aromatic heterocycles. The largest absolute Gasteiger partial charge is 0.494 e. The second kappa shape index (κ2) is 7.28. The number of benzene rings is 1. The van der Waals surface area contributed by atoms with Crippen LogP contribution >= 0.6 is 15.9 Å². The van der Waals surface area contributed by atoms with Crippen molar-refractivity contribution in [2.75, 3.05) is 11.9 Å². The molecule has 0 aliphatic carbocycles. The third kappa shape index (κ3) is 3.70. The fourth-order valence-electron chi connectivity index (χ4n) is 2.00. The van der Waals surface area contributed by atoms with Crippen molar-refractivity contribution in [1.82, 2.24) is 10.2 Å². The number of hydrogen-bond acceptors (Lipinski definition) is 4. The quantitative estimate of drug-likeness (QED) is 0.583. The molecular weight excluding hydrogens is 368 g/mol. The number of nitrogens with zero attached hydrogens (tertiary/aromatic N) is 1. The highest BCUT2D eigenvalue weighted by atomic mass is 79.9. The number of sulfone groups is 1. The molecule has 120 valence electrons. The molecule has 1 aromatic carbocycles. The number of alkyl halides is 1. The third-order valence-corrected chi connectivity index (χ3v) is 5.54. The van der Waals surface area contributed by atoms with Gasteiger partial charge in [-0.15, -0.1) is 0 Å². The summed E-state index contributed by atoms with van der Waals surface area (Å²) in [6.07, 6.45) is 2.26. The molecule has 5 nitrogen and oxygen atoms in total. The Bertz CT molecular complexity index is 709. The van der Waals surface area contributed by atoms with Crippen molar-refractivity contribution in [1.29, 1.82) is 0 Å². The zero-order valence-corrected chi connectivity index (χ0v) is 14.9. The van der Waals surface area contributed by atoms with E-state index in [9.17, 15) is 8.42 Å². The molecule has 0 unspecified atom stereocenters. The van der Waals surface area contributed by atoms with Crippen LogP contribution in [-0.4, -0.2) is 30.6 Å². The Morgan fingerprint density at radius 2 is 1.95 bits per heavy atom. The van der Waals surface area contributed by atoms with E-state index in [4.69, 9.17) is 4.74 Å². The van der Waals surface area contributed by atoms with Crippen molar-refractivity contribution in [2.24, 2.45) is 0 Å². The number of nitrogens with one attached hydrogen (secondary N) is 1. The summed E-state index contributed by atoms with van der Waals surface area (Å²) >= 11 is 3.33. The lowest BCUT2D eigenvalue weighted by Crippen LogP contribution is -2.05. The first-order valence-electron chi connectivity index (χ1n) is 7.04. The van der Waals surface area contributed by atoms with E-state index in [0.717, 1.165) is 11.8 Å². The maximum absolute atomic E-state index is 12.7. The summed E-state index contributed by atoms with van der Waals surface area (Å²) < 4.78 is 30.9. The molecule has 7 heteroatoms. The van der Waals surface area contributed by atoms with E-state index in [1.807, 2.05) is 13.8 Å². The first-order valence-corrected chi connectivity index (χ1v) is 9.64. The van der Waals surface area contributed by atoms with Gasteiger partial charge in [-0.1, -0.05) is 29.8 Å². The zero-order valence-electron chi connectivity index (χ0n) is 12.5. The Morgan fingerprint density at radius 1 is 1.27 bits per heavy atom. The molecule has 1 N–H and O–H groups in total. The normalized spacial score (nSPS) is 11.8. The van der Waals surface area contributed by atoms with E-state index in [2.05, 4.69) is 26.1 Å². The van der Waals surface area contributed by atoms with Crippen LogP contribution in [0.3, 0.4) is 0 Å². The van der Waals surface area contributed by atoms with Gasteiger partial charge in [-0.3, -0.25) is 5.10 Å². The van der Waals surface area contributed by atoms with E-state index in [0.29, 0.717) is 18.1 Å². The fraction of sp³-hybridized carbons (Fsp3) is 0.400. The van der Waals surface area contributed by atoms with E-state index < -0.39 is 9.84 Å². The van der Waals surface area contributed by atoms with Crippen molar-refractivity contribution >= 4 is 25.8 Å². The standard InChI is InChI=1S/C15H19BrN2O3S/c1-11(2)15-14(10-17-18-15)22(19,20)13-6-4-12(5-7-13)21-9-3-8-16/h4-7,10-11H,3,8-9H2,1-2H3,(H,17,18). The molecule has 1 heterocycles. The van der Waals surface area contributed by atoms with Gasteiger partial charge in [0.25, 0.3) is 0 Å². The lowest BCUT2D eigenvalue weighted by Gasteiger charge is -2.09. The van der Waals surface area contributed by atoms with Crippen LogP contribution in [0.2, 0.25) is 0 Å². The molecule has 0 aliphatic rings. The Labute approximate surface area is 139 Å². The summed E-state index contributed by atoms with van der Waals surface area (Å²) in [5.74, 6) is 0.718. The van der Waals surface area contributed by atoms with Crippen molar-refractivity contribution in [3.8, 4) is 5.75 Å². The SMILES string of the molecule is CC(C)c1[nH]ncc1S(=O)(=O)c1ccc(OCCCBr)cc1. The molecule has 0 saturated heterocycles. The van der Waals surface area contributed by atoms with Crippen molar-refractivity contribution < 1.29 is 13.2 Å². The van der Waals surface area contributed by atoms with Gasteiger partial charge in [0.05, 0.1) is 23.4 Å². The highest BCUT2D eigenvalue weighted by Gasteiger charge is 2.24. The Hall–Kier alpha value is -1.34. The Morgan fingerprint density at radius 3 is 2.55 bits per heavy atom. The first kappa shape index (κ1) is 17.0. The van der Waals surface area contributed by atoms with Crippen LogP contribution in [0.5, 0.6) is 5.75 Å². The van der Waals surface area contributed by atoms with Gasteiger partial charge in [-0.05, 0) is 36.6 Å². The van der Waals surface area contributed by atoms with E-state index in [1.165, 1.54) is 6.20 Å². The fourth-order valence-corrected chi connectivity index (χ4v) is 3.74. The van der Waals surface area contributed by atoms with Crippen LogP contribution in [-0.2, 0) is 9.84 Å². The van der Waals surface area contributed by atoms with Crippen LogP contribution in [0.1, 0.15) is 31.9 Å². The molecule has 2 rings (SSSR count). The predicted molar refractivity (Wildman–Crippen MR) is 88.5 cm³/mol. The second-order valence-corrected chi connectivity index (χ2v) is 7.88.